The van der Waals surface area contributed by atoms with Gasteiger partial charge in [-0.2, -0.15) is 0 Å². The van der Waals surface area contributed by atoms with Crippen LogP contribution in [0.25, 0.3) is 0 Å². The number of aromatic nitrogens is 3. The maximum absolute atomic E-state index is 13.1. The summed E-state index contributed by atoms with van der Waals surface area (Å²) in [6, 6.07) is 6.54. The number of aliphatic hydroxyl groups excluding tert-OH is 1. The molecule has 0 aliphatic heterocycles. The fraction of sp³-hybridized carbons (Fsp3) is 0.385. The van der Waals surface area contributed by atoms with E-state index in [9.17, 15) is 4.39 Å². The molecule has 1 atom stereocenters. The molecule has 2 rings (SSSR count). The first-order chi connectivity index (χ1) is 9.19. The second-order valence-corrected chi connectivity index (χ2v) is 4.35. The summed E-state index contributed by atoms with van der Waals surface area (Å²) in [7, 11) is 0. The van der Waals surface area contributed by atoms with Gasteiger partial charge in [0.15, 0.2) is 0 Å². The largest absolute Gasteiger partial charge is 0.394 e. The molecule has 0 unspecified atom stereocenters. The molecular formula is C13H17FN4O. The molecule has 19 heavy (non-hydrogen) atoms. The van der Waals surface area contributed by atoms with E-state index in [0.717, 1.165) is 11.3 Å². The fourth-order valence-corrected chi connectivity index (χ4v) is 1.78. The highest BCUT2D eigenvalue weighted by atomic mass is 19.1. The Morgan fingerprint density at radius 2 is 2.32 bits per heavy atom. The first-order valence-electron chi connectivity index (χ1n) is 6.18. The molecule has 0 aliphatic carbocycles. The summed E-state index contributed by atoms with van der Waals surface area (Å²) in [5.74, 6) is -0.236. The van der Waals surface area contributed by atoms with Gasteiger partial charge in [-0.25, -0.2) is 9.07 Å². The molecule has 0 saturated heterocycles. The van der Waals surface area contributed by atoms with E-state index in [1.165, 1.54) is 12.1 Å². The second-order valence-electron chi connectivity index (χ2n) is 4.35. The molecule has 0 aliphatic rings. The van der Waals surface area contributed by atoms with Crippen LogP contribution in [0.4, 0.5) is 4.39 Å². The maximum atomic E-state index is 13.1. The van der Waals surface area contributed by atoms with E-state index >= 15 is 0 Å². The van der Waals surface area contributed by atoms with E-state index in [-0.39, 0.29) is 18.5 Å². The Labute approximate surface area is 111 Å². The van der Waals surface area contributed by atoms with Crippen LogP contribution in [0.15, 0.2) is 30.5 Å². The van der Waals surface area contributed by atoms with Crippen LogP contribution in [0.3, 0.4) is 0 Å². The smallest absolute Gasteiger partial charge is 0.123 e. The van der Waals surface area contributed by atoms with Gasteiger partial charge in [0, 0.05) is 18.8 Å². The van der Waals surface area contributed by atoms with E-state index in [1.807, 2.05) is 13.0 Å². The van der Waals surface area contributed by atoms with Gasteiger partial charge in [0.1, 0.15) is 5.82 Å². The molecule has 0 spiro atoms. The zero-order chi connectivity index (χ0) is 13.7. The molecule has 2 aromatic rings. The van der Waals surface area contributed by atoms with E-state index < -0.39 is 0 Å². The van der Waals surface area contributed by atoms with E-state index in [1.54, 1.807) is 16.9 Å². The van der Waals surface area contributed by atoms with Crippen molar-refractivity contribution in [2.45, 2.75) is 26.1 Å². The third-order valence-electron chi connectivity index (χ3n) is 2.85. The van der Waals surface area contributed by atoms with Crippen LogP contribution in [0.1, 0.15) is 24.2 Å². The van der Waals surface area contributed by atoms with Crippen molar-refractivity contribution in [3.63, 3.8) is 0 Å². The maximum Gasteiger partial charge on any atom is 0.123 e. The van der Waals surface area contributed by atoms with Crippen LogP contribution in [-0.4, -0.2) is 26.7 Å². The number of hydrogen-bond acceptors (Lipinski definition) is 4. The standard InChI is InChI=1S/C13H17FN4O/c1-10(11-3-2-4-12(14)7-11)15-8-13-9-18(5-6-19)17-16-13/h2-4,7,9-10,15,19H,5-6,8H2,1H3/t10-/m0/s1. The highest BCUT2D eigenvalue weighted by Gasteiger charge is 2.07. The van der Waals surface area contributed by atoms with Crippen LogP contribution in [0.5, 0.6) is 0 Å². The van der Waals surface area contributed by atoms with E-state index in [4.69, 9.17) is 5.11 Å². The highest BCUT2D eigenvalue weighted by molar-refractivity contribution is 5.19. The quantitative estimate of drug-likeness (QED) is 0.824. The first-order valence-corrected chi connectivity index (χ1v) is 6.18. The van der Waals surface area contributed by atoms with Crippen LogP contribution in [-0.2, 0) is 13.1 Å². The predicted octanol–water partition coefficient (Wildman–Crippen LogP) is 1.26. The molecule has 0 fully saturated rings. The number of benzene rings is 1. The minimum atomic E-state index is -0.236. The lowest BCUT2D eigenvalue weighted by molar-refractivity contribution is 0.268. The van der Waals surface area contributed by atoms with Crippen LogP contribution in [0, 0.1) is 5.82 Å². The lowest BCUT2D eigenvalue weighted by Gasteiger charge is -2.13. The van der Waals surface area contributed by atoms with Crippen molar-refractivity contribution >= 4 is 0 Å². The van der Waals surface area contributed by atoms with Crippen molar-refractivity contribution in [1.29, 1.82) is 0 Å². The third kappa shape index (κ3) is 3.84. The Kier molecular flexibility index (Phi) is 4.59. The molecule has 0 radical (unpaired) electrons. The number of nitrogens with zero attached hydrogens (tertiary/aromatic N) is 3. The topological polar surface area (TPSA) is 63.0 Å². The van der Waals surface area contributed by atoms with Gasteiger partial charge < -0.3 is 10.4 Å². The molecule has 102 valence electrons. The summed E-state index contributed by atoms with van der Waals surface area (Å²) in [5, 5.41) is 19.9. The van der Waals surface area contributed by atoms with Gasteiger partial charge in [0.05, 0.1) is 18.8 Å². The van der Waals surface area contributed by atoms with Crippen molar-refractivity contribution in [2.75, 3.05) is 6.61 Å². The molecule has 1 aromatic heterocycles. The summed E-state index contributed by atoms with van der Waals surface area (Å²) < 4.78 is 14.7. The SMILES string of the molecule is C[C@H](NCc1cn(CCO)nn1)c1cccc(F)c1. The predicted molar refractivity (Wildman–Crippen MR) is 68.8 cm³/mol. The summed E-state index contributed by atoms with van der Waals surface area (Å²) in [4.78, 5) is 0. The fourth-order valence-electron chi connectivity index (χ4n) is 1.78. The Morgan fingerprint density at radius 1 is 1.47 bits per heavy atom. The summed E-state index contributed by atoms with van der Waals surface area (Å²) in [6.45, 7) is 2.98. The molecule has 1 heterocycles. The van der Waals surface area contributed by atoms with Crippen molar-refractivity contribution in [3.05, 3.63) is 47.5 Å². The Hall–Kier alpha value is -1.79. The Bertz CT molecular complexity index is 529. The lowest BCUT2D eigenvalue weighted by atomic mass is 10.1. The van der Waals surface area contributed by atoms with Crippen LogP contribution >= 0.6 is 0 Å². The second kappa shape index (κ2) is 6.40. The third-order valence-corrected chi connectivity index (χ3v) is 2.85. The average molecular weight is 264 g/mol. The number of halogens is 1. The van der Waals surface area contributed by atoms with Gasteiger partial charge in [0.2, 0.25) is 0 Å². The molecule has 0 amide bonds. The summed E-state index contributed by atoms with van der Waals surface area (Å²) >= 11 is 0. The zero-order valence-corrected chi connectivity index (χ0v) is 10.8. The average Bonchev–Trinajstić information content (AvgIpc) is 2.84. The number of nitrogens with one attached hydrogen (secondary N) is 1. The molecule has 6 heteroatoms. The minimum absolute atomic E-state index is 0.0266. The lowest BCUT2D eigenvalue weighted by Crippen LogP contribution is -2.18. The normalized spacial score (nSPS) is 12.6. The van der Waals surface area contributed by atoms with Gasteiger partial charge >= 0.3 is 0 Å². The minimum Gasteiger partial charge on any atom is -0.394 e. The molecule has 0 bridgehead atoms. The number of aliphatic hydroxyl groups is 1. The van der Waals surface area contributed by atoms with Crippen molar-refractivity contribution in [3.8, 4) is 0 Å². The molecule has 0 saturated carbocycles. The van der Waals surface area contributed by atoms with Crippen molar-refractivity contribution < 1.29 is 9.50 Å². The molecular weight excluding hydrogens is 247 g/mol. The highest BCUT2D eigenvalue weighted by Crippen LogP contribution is 2.13. The Balaban J connectivity index is 1.90. The number of hydrogen-bond donors (Lipinski definition) is 2. The van der Waals surface area contributed by atoms with Gasteiger partial charge in [-0.05, 0) is 24.6 Å². The zero-order valence-electron chi connectivity index (χ0n) is 10.8. The summed E-state index contributed by atoms with van der Waals surface area (Å²) in [6.07, 6.45) is 1.78. The monoisotopic (exact) mass is 264 g/mol. The van der Waals surface area contributed by atoms with Crippen LogP contribution in [0.2, 0.25) is 0 Å². The van der Waals surface area contributed by atoms with E-state index in [2.05, 4.69) is 15.6 Å². The van der Waals surface area contributed by atoms with Crippen molar-refractivity contribution in [1.82, 2.24) is 20.3 Å². The Morgan fingerprint density at radius 3 is 3.05 bits per heavy atom. The molecule has 1 aromatic carbocycles. The van der Waals surface area contributed by atoms with E-state index in [0.29, 0.717) is 13.1 Å². The number of rotatable bonds is 6. The van der Waals surface area contributed by atoms with Crippen LogP contribution < -0.4 is 5.32 Å². The first kappa shape index (κ1) is 13.6. The molecule has 5 nitrogen and oxygen atoms in total. The van der Waals surface area contributed by atoms with Crippen molar-refractivity contribution in [2.24, 2.45) is 0 Å². The molecule has 2 N–H and O–H groups in total. The van der Waals surface area contributed by atoms with Gasteiger partial charge in [0.25, 0.3) is 0 Å². The summed E-state index contributed by atoms with van der Waals surface area (Å²) in [5.41, 5.74) is 1.68. The van der Waals surface area contributed by atoms with Gasteiger partial charge in [-0.15, -0.1) is 5.10 Å². The van der Waals surface area contributed by atoms with Gasteiger partial charge in [-0.1, -0.05) is 17.3 Å². The van der Waals surface area contributed by atoms with Gasteiger partial charge in [-0.3, -0.25) is 0 Å².